The fourth-order valence-corrected chi connectivity index (χ4v) is 2.96. The summed E-state index contributed by atoms with van der Waals surface area (Å²) in [6.45, 7) is 7.92. The van der Waals surface area contributed by atoms with E-state index in [2.05, 4.69) is 54.7 Å². The summed E-state index contributed by atoms with van der Waals surface area (Å²) >= 11 is 0. The highest BCUT2D eigenvalue weighted by atomic mass is 15.2. The van der Waals surface area contributed by atoms with Gasteiger partial charge in [-0.15, -0.1) is 0 Å². The van der Waals surface area contributed by atoms with Gasteiger partial charge in [0.25, 0.3) is 0 Å². The molecule has 2 aromatic heterocycles. The number of nitrogens with one attached hydrogen (secondary N) is 2. The summed E-state index contributed by atoms with van der Waals surface area (Å²) in [5.41, 5.74) is 2.48. The van der Waals surface area contributed by atoms with Gasteiger partial charge in [0, 0.05) is 88.5 Å². The first kappa shape index (κ1) is 16.7. The van der Waals surface area contributed by atoms with Gasteiger partial charge in [0.1, 0.15) is 0 Å². The van der Waals surface area contributed by atoms with E-state index < -0.39 is 0 Å². The predicted molar refractivity (Wildman–Crippen MR) is 98.6 cm³/mol. The molecule has 0 spiro atoms. The van der Waals surface area contributed by atoms with Gasteiger partial charge in [0.05, 0.1) is 0 Å². The molecule has 1 fully saturated rings. The number of hydrogen-bond acceptors (Lipinski definition) is 6. The monoisotopic (exact) mass is 326 g/mol. The van der Waals surface area contributed by atoms with E-state index in [0.29, 0.717) is 0 Å². The van der Waals surface area contributed by atoms with E-state index in [1.165, 1.54) is 11.4 Å². The van der Waals surface area contributed by atoms with E-state index in [1.54, 1.807) is 0 Å². The lowest BCUT2D eigenvalue weighted by Gasteiger charge is -2.29. The van der Waals surface area contributed by atoms with Crippen LogP contribution >= 0.6 is 0 Å². The number of hydrogen-bond donors (Lipinski definition) is 2. The van der Waals surface area contributed by atoms with Crippen molar-refractivity contribution in [1.29, 1.82) is 0 Å². The van der Waals surface area contributed by atoms with E-state index in [4.69, 9.17) is 0 Å². The maximum Gasteiger partial charge on any atom is 0.0397 e. The van der Waals surface area contributed by atoms with Crippen LogP contribution in [0.15, 0.2) is 49.1 Å². The summed E-state index contributed by atoms with van der Waals surface area (Å²) in [5, 5.41) is 7.14. The molecule has 24 heavy (non-hydrogen) atoms. The summed E-state index contributed by atoms with van der Waals surface area (Å²) in [5.74, 6) is 0. The molecule has 0 aliphatic carbocycles. The van der Waals surface area contributed by atoms with Crippen LogP contribution < -0.4 is 20.4 Å². The van der Waals surface area contributed by atoms with Crippen molar-refractivity contribution in [2.45, 2.75) is 0 Å². The molecule has 1 aliphatic rings. The van der Waals surface area contributed by atoms with Crippen LogP contribution in [0.5, 0.6) is 0 Å². The Morgan fingerprint density at radius 1 is 0.583 bits per heavy atom. The van der Waals surface area contributed by atoms with E-state index >= 15 is 0 Å². The Bertz CT molecular complexity index is 511. The lowest BCUT2D eigenvalue weighted by atomic mass is 10.3. The molecular formula is C18H26N6. The van der Waals surface area contributed by atoms with Crippen LogP contribution in [0.2, 0.25) is 0 Å². The molecule has 3 rings (SSSR count). The molecule has 2 N–H and O–H groups in total. The van der Waals surface area contributed by atoms with Crippen LogP contribution in [-0.2, 0) is 0 Å². The van der Waals surface area contributed by atoms with Crippen LogP contribution in [0.3, 0.4) is 0 Å². The molecule has 0 amide bonds. The minimum atomic E-state index is 0.979. The number of pyridine rings is 2. The molecule has 128 valence electrons. The molecule has 2 aromatic rings. The maximum absolute atomic E-state index is 4.11. The van der Waals surface area contributed by atoms with Crippen molar-refractivity contribution in [3.05, 3.63) is 49.1 Å². The molecule has 3 heterocycles. The fraction of sp³-hybridized carbons (Fsp3) is 0.444. The smallest absolute Gasteiger partial charge is 0.0397 e. The van der Waals surface area contributed by atoms with Gasteiger partial charge < -0.3 is 20.4 Å². The lowest BCUT2D eigenvalue weighted by molar-refractivity contribution is 0.589. The van der Waals surface area contributed by atoms with Crippen molar-refractivity contribution in [1.82, 2.24) is 20.6 Å². The summed E-state index contributed by atoms with van der Waals surface area (Å²) in [6.07, 6.45) is 7.44. The Labute approximate surface area is 143 Å². The van der Waals surface area contributed by atoms with E-state index in [-0.39, 0.29) is 0 Å². The van der Waals surface area contributed by atoms with Gasteiger partial charge in [-0.2, -0.15) is 0 Å². The van der Waals surface area contributed by atoms with Gasteiger partial charge in [-0.1, -0.05) is 0 Å². The highest BCUT2D eigenvalue weighted by molar-refractivity contribution is 5.45. The van der Waals surface area contributed by atoms with Crippen molar-refractivity contribution >= 4 is 11.4 Å². The van der Waals surface area contributed by atoms with Crippen molar-refractivity contribution in [2.75, 3.05) is 62.2 Å². The summed E-state index contributed by atoms with van der Waals surface area (Å²) in [6, 6.07) is 8.32. The molecule has 6 nitrogen and oxygen atoms in total. The molecule has 0 unspecified atom stereocenters. The van der Waals surface area contributed by atoms with Crippen LogP contribution in [0.25, 0.3) is 0 Å². The largest absolute Gasteiger partial charge is 0.369 e. The summed E-state index contributed by atoms with van der Waals surface area (Å²) in [4.78, 5) is 13.0. The number of rotatable bonds is 2. The molecule has 6 heteroatoms. The highest BCUT2D eigenvalue weighted by Crippen LogP contribution is 2.12. The van der Waals surface area contributed by atoms with E-state index in [9.17, 15) is 0 Å². The zero-order chi connectivity index (χ0) is 16.5. The van der Waals surface area contributed by atoms with Gasteiger partial charge in [0.15, 0.2) is 0 Å². The third-order valence-electron chi connectivity index (χ3n) is 4.29. The van der Waals surface area contributed by atoms with Crippen molar-refractivity contribution in [3.8, 4) is 0 Å². The SMILES string of the molecule is c1cc(N2CCNCCN(c3ccncc3)CCNCC2)ccn1. The van der Waals surface area contributed by atoms with Gasteiger partial charge in [-0.25, -0.2) is 0 Å². The van der Waals surface area contributed by atoms with Crippen LogP contribution in [0, 0.1) is 0 Å². The first-order valence-corrected chi connectivity index (χ1v) is 8.65. The quantitative estimate of drug-likeness (QED) is 0.858. The molecule has 1 aliphatic heterocycles. The highest BCUT2D eigenvalue weighted by Gasteiger charge is 2.09. The summed E-state index contributed by atoms with van der Waals surface area (Å²) in [7, 11) is 0. The topological polar surface area (TPSA) is 56.3 Å². The van der Waals surface area contributed by atoms with Crippen LogP contribution in [0.4, 0.5) is 11.4 Å². The van der Waals surface area contributed by atoms with Crippen molar-refractivity contribution in [2.24, 2.45) is 0 Å². The molecular weight excluding hydrogens is 300 g/mol. The molecule has 0 bridgehead atoms. The average Bonchev–Trinajstić information content (AvgIpc) is 2.64. The Morgan fingerprint density at radius 2 is 0.917 bits per heavy atom. The molecule has 0 atom stereocenters. The number of anilines is 2. The van der Waals surface area contributed by atoms with Crippen LogP contribution in [-0.4, -0.2) is 62.3 Å². The molecule has 1 saturated heterocycles. The second-order valence-electron chi connectivity index (χ2n) is 5.88. The first-order chi connectivity index (χ1) is 11.9. The summed E-state index contributed by atoms with van der Waals surface area (Å²) < 4.78 is 0. The second-order valence-corrected chi connectivity index (χ2v) is 5.88. The number of nitrogens with zero attached hydrogens (tertiary/aromatic N) is 4. The van der Waals surface area contributed by atoms with E-state index in [0.717, 1.165) is 52.4 Å². The first-order valence-electron chi connectivity index (χ1n) is 8.65. The molecule has 0 radical (unpaired) electrons. The third-order valence-corrected chi connectivity index (χ3v) is 4.29. The van der Waals surface area contributed by atoms with E-state index in [1.807, 2.05) is 24.8 Å². The minimum absolute atomic E-state index is 0.979. The lowest BCUT2D eigenvalue weighted by Crippen LogP contribution is -2.43. The van der Waals surface area contributed by atoms with Gasteiger partial charge in [0.2, 0.25) is 0 Å². The Morgan fingerprint density at radius 3 is 1.25 bits per heavy atom. The average molecular weight is 326 g/mol. The third kappa shape index (κ3) is 4.91. The number of aromatic nitrogens is 2. The molecule has 0 saturated carbocycles. The maximum atomic E-state index is 4.11. The second kappa shape index (κ2) is 9.20. The fourth-order valence-electron chi connectivity index (χ4n) is 2.96. The standard InChI is InChI=1S/C18H26N6/c1-5-19-6-2-17(1)23-13-9-21-11-15-24(16-12-22-10-14-23)18-3-7-20-8-4-18/h1-8,21-22H,9-16H2. The van der Waals surface area contributed by atoms with Crippen molar-refractivity contribution < 1.29 is 0 Å². The van der Waals surface area contributed by atoms with Gasteiger partial charge >= 0.3 is 0 Å². The Kier molecular flexibility index (Phi) is 6.39. The van der Waals surface area contributed by atoms with Crippen molar-refractivity contribution in [3.63, 3.8) is 0 Å². The van der Waals surface area contributed by atoms with Gasteiger partial charge in [-0.05, 0) is 24.3 Å². The zero-order valence-electron chi connectivity index (χ0n) is 14.1. The Balaban J connectivity index is 1.56. The normalized spacial score (nSPS) is 17.8. The minimum Gasteiger partial charge on any atom is -0.369 e. The zero-order valence-corrected chi connectivity index (χ0v) is 14.1. The predicted octanol–water partition coefficient (Wildman–Crippen LogP) is 0.982. The van der Waals surface area contributed by atoms with Gasteiger partial charge in [-0.3, -0.25) is 9.97 Å². The van der Waals surface area contributed by atoms with Crippen LogP contribution in [0.1, 0.15) is 0 Å². The Hall–Kier alpha value is -2.18. The molecule has 0 aromatic carbocycles.